The van der Waals surface area contributed by atoms with Gasteiger partial charge in [0, 0.05) is 19.8 Å². The maximum absolute atomic E-state index is 11.6. The predicted molar refractivity (Wildman–Crippen MR) is 76.7 cm³/mol. The molecule has 0 bridgehead atoms. The van der Waals surface area contributed by atoms with E-state index in [1.807, 2.05) is 0 Å². The van der Waals surface area contributed by atoms with E-state index in [-0.39, 0.29) is 6.54 Å². The third kappa shape index (κ3) is 3.32. The molecule has 0 unspecified atom stereocenters. The molecule has 18 heavy (non-hydrogen) atoms. The molecule has 1 aromatic heterocycles. The molecule has 0 atom stereocenters. The highest BCUT2D eigenvalue weighted by molar-refractivity contribution is 9.10. The van der Waals surface area contributed by atoms with Gasteiger partial charge in [-0.15, -0.1) is 0 Å². The molecule has 0 aliphatic rings. The summed E-state index contributed by atoms with van der Waals surface area (Å²) in [6.07, 6.45) is 2.63. The Bertz CT molecular complexity index is 531. The van der Waals surface area contributed by atoms with Gasteiger partial charge in [0.25, 0.3) is 0 Å². The van der Waals surface area contributed by atoms with E-state index in [0.717, 1.165) is 0 Å². The van der Waals surface area contributed by atoms with Gasteiger partial charge in [-0.25, -0.2) is 18.4 Å². The lowest BCUT2D eigenvalue weighted by Gasteiger charge is -2.23. The molecule has 0 radical (unpaired) electrons. The zero-order valence-electron chi connectivity index (χ0n) is 10.8. The SMILES string of the molecule is CNc1ncnc(NCC(C)(C)S(C)(=O)=O)c1Br. The summed E-state index contributed by atoms with van der Waals surface area (Å²) in [6, 6.07) is 0. The molecule has 6 nitrogen and oxygen atoms in total. The zero-order valence-corrected chi connectivity index (χ0v) is 13.2. The van der Waals surface area contributed by atoms with Gasteiger partial charge in [-0.1, -0.05) is 0 Å². The molecule has 102 valence electrons. The van der Waals surface area contributed by atoms with E-state index < -0.39 is 14.6 Å². The minimum absolute atomic E-state index is 0.268. The fraction of sp³-hybridized carbons (Fsp3) is 0.600. The van der Waals surface area contributed by atoms with Gasteiger partial charge in [0.2, 0.25) is 0 Å². The molecular formula is C10H17BrN4O2S. The number of nitrogens with zero attached hydrogens (tertiary/aromatic N) is 2. The van der Waals surface area contributed by atoms with Crippen LogP contribution in [0.5, 0.6) is 0 Å². The molecule has 0 aliphatic heterocycles. The van der Waals surface area contributed by atoms with Gasteiger partial charge in [0.05, 0.1) is 4.75 Å². The first-order chi connectivity index (χ1) is 8.19. The molecule has 0 fully saturated rings. The van der Waals surface area contributed by atoms with Crippen LogP contribution in [-0.2, 0) is 9.84 Å². The van der Waals surface area contributed by atoms with Crippen LogP contribution in [0.4, 0.5) is 11.6 Å². The van der Waals surface area contributed by atoms with Crippen LogP contribution in [-0.4, -0.2) is 43.0 Å². The summed E-state index contributed by atoms with van der Waals surface area (Å²) in [6.45, 7) is 3.61. The highest BCUT2D eigenvalue weighted by Gasteiger charge is 2.30. The van der Waals surface area contributed by atoms with E-state index in [1.165, 1.54) is 12.6 Å². The van der Waals surface area contributed by atoms with Gasteiger partial charge in [-0.05, 0) is 29.8 Å². The van der Waals surface area contributed by atoms with Crippen molar-refractivity contribution in [1.29, 1.82) is 0 Å². The zero-order chi connectivity index (χ0) is 14.0. The summed E-state index contributed by atoms with van der Waals surface area (Å²) < 4.78 is 23.0. The van der Waals surface area contributed by atoms with E-state index >= 15 is 0 Å². The topological polar surface area (TPSA) is 84.0 Å². The molecule has 1 aromatic rings. The fourth-order valence-electron chi connectivity index (χ4n) is 1.10. The first kappa shape index (κ1) is 15.2. The summed E-state index contributed by atoms with van der Waals surface area (Å²) in [5, 5.41) is 5.92. The average molecular weight is 337 g/mol. The minimum Gasteiger partial charge on any atom is -0.372 e. The highest BCUT2D eigenvalue weighted by Crippen LogP contribution is 2.27. The smallest absolute Gasteiger partial charge is 0.154 e. The molecular weight excluding hydrogens is 320 g/mol. The molecule has 8 heteroatoms. The van der Waals surface area contributed by atoms with Gasteiger partial charge in [-0.3, -0.25) is 0 Å². The summed E-state index contributed by atoms with van der Waals surface area (Å²) in [7, 11) is -1.39. The van der Waals surface area contributed by atoms with Crippen LogP contribution in [0.3, 0.4) is 0 Å². The summed E-state index contributed by atoms with van der Waals surface area (Å²) >= 11 is 3.36. The Kier molecular flexibility index (Phi) is 4.55. The van der Waals surface area contributed by atoms with Gasteiger partial charge in [0.1, 0.15) is 22.4 Å². The molecule has 0 amide bonds. The normalized spacial score (nSPS) is 12.3. The number of halogens is 1. The predicted octanol–water partition coefficient (Wildman–Crippen LogP) is 1.52. The molecule has 0 spiro atoms. The number of sulfone groups is 1. The molecule has 0 aliphatic carbocycles. The second-order valence-corrected chi connectivity index (χ2v) is 7.96. The monoisotopic (exact) mass is 336 g/mol. The van der Waals surface area contributed by atoms with Crippen molar-refractivity contribution >= 4 is 37.4 Å². The van der Waals surface area contributed by atoms with Gasteiger partial charge >= 0.3 is 0 Å². The molecule has 0 saturated heterocycles. The van der Waals surface area contributed by atoms with E-state index in [9.17, 15) is 8.42 Å². The van der Waals surface area contributed by atoms with Crippen molar-refractivity contribution in [1.82, 2.24) is 9.97 Å². The van der Waals surface area contributed by atoms with Crippen molar-refractivity contribution < 1.29 is 8.42 Å². The van der Waals surface area contributed by atoms with Crippen LogP contribution in [0.25, 0.3) is 0 Å². The van der Waals surface area contributed by atoms with Crippen molar-refractivity contribution in [3.63, 3.8) is 0 Å². The van der Waals surface area contributed by atoms with E-state index in [0.29, 0.717) is 16.1 Å². The van der Waals surface area contributed by atoms with Crippen LogP contribution in [0.1, 0.15) is 13.8 Å². The lowest BCUT2D eigenvalue weighted by molar-refractivity contribution is 0.559. The Morgan fingerprint density at radius 1 is 1.33 bits per heavy atom. The van der Waals surface area contributed by atoms with Crippen molar-refractivity contribution in [3.05, 3.63) is 10.8 Å². The molecule has 0 aromatic carbocycles. The van der Waals surface area contributed by atoms with E-state index in [4.69, 9.17) is 0 Å². The summed E-state index contributed by atoms with van der Waals surface area (Å²) in [5.41, 5.74) is 0. The average Bonchev–Trinajstić information content (AvgIpc) is 2.26. The number of nitrogens with one attached hydrogen (secondary N) is 2. The van der Waals surface area contributed by atoms with Crippen LogP contribution in [0.2, 0.25) is 0 Å². The molecule has 0 saturated carbocycles. The van der Waals surface area contributed by atoms with Crippen molar-refractivity contribution in [3.8, 4) is 0 Å². The lowest BCUT2D eigenvalue weighted by Crippen LogP contribution is -2.38. The Balaban J connectivity index is 2.88. The second-order valence-electron chi connectivity index (χ2n) is 4.52. The van der Waals surface area contributed by atoms with Gasteiger partial charge in [0.15, 0.2) is 9.84 Å². The summed E-state index contributed by atoms with van der Waals surface area (Å²) in [4.78, 5) is 8.09. The third-order valence-electron chi connectivity index (χ3n) is 2.71. The second kappa shape index (κ2) is 5.40. The number of hydrogen-bond acceptors (Lipinski definition) is 6. The Morgan fingerprint density at radius 3 is 2.39 bits per heavy atom. The molecule has 1 rings (SSSR count). The Morgan fingerprint density at radius 2 is 1.89 bits per heavy atom. The van der Waals surface area contributed by atoms with Crippen LogP contribution in [0.15, 0.2) is 10.8 Å². The van der Waals surface area contributed by atoms with Crippen molar-refractivity contribution in [2.45, 2.75) is 18.6 Å². The van der Waals surface area contributed by atoms with Gasteiger partial charge in [-0.2, -0.15) is 0 Å². The quantitative estimate of drug-likeness (QED) is 0.847. The summed E-state index contributed by atoms with van der Waals surface area (Å²) in [5.74, 6) is 1.20. The van der Waals surface area contributed by atoms with E-state index in [1.54, 1.807) is 20.9 Å². The van der Waals surface area contributed by atoms with Crippen molar-refractivity contribution in [2.75, 3.05) is 30.5 Å². The molecule has 1 heterocycles. The fourth-order valence-corrected chi connectivity index (χ4v) is 1.97. The number of anilines is 2. The van der Waals surface area contributed by atoms with Crippen molar-refractivity contribution in [2.24, 2.45) is 0 Å². The Hall–Kier alpha value is -0.890. The first-order valence-corrected chi connectivity index (χ1v) is 7.99. The standard InChI is InChI=1S/C10H17BrN4O2S/c1-10(2,18(4,16)17)5-13-9-7(11)8(12-3)14-6-15-9/h6H,5H2,1-4H3,(H2,12,13,14,15). The highest BCUT2D eigenvalue weighted by atomic mass is 79.9. The van der Waals surface area contributed by atoms with Crippen LogP contribution in [0, 0.1) is 0 Å². The largest absolute Gasteiger partial charge is 0.372 e. The number of aromatic nitrogens is 2. The third-order valence-corrected chi connectivity index (χ3v) is 5.61. The first-order valence-electron chi connectivity index (χ1n) is 5.31. The van der Waals surface area contributed by atoms with Crippen LogP contribution >= 0.6 is 15.9 Å². The van der Waals surface area contributed by atoms with E-state index in [2.05, 4.69) is 36.5 Å². The maximum atomic E-state index is 11.6. The van der Waals surface area contributed by atoms with Crippen LogP contribution < -0.4 is 10.6 Å². The number of hydrogen-bond donors (Lipinski definition) is 2. The number of rotatable bonds is 5. The Labute approximate surface area is 116 Å². The molecule has 2 N–H and O–H groups in total. The lowest BCUT2D eigenvalue weighted by atomic mass is 10.2. The maximum Gasteiger partial charge on any atom is 0.154 e. The van der Waals surface area contributed by atoms with Gasteiger partial charge < -0.3 is 10.6 Å². The minimum atomic E-state index is -3.14.